The van der Waals surface area contributed by atoms with Crippen LogP contribution in [-0.2, 0) is 17.1 Å². The van der Waals surface area contributed by atoms with Gasteiger partial charge in [0.25, 0.3) is 11.1 Å². The second-order valence-electron chi connectivity index (χ2n) is 6.27. The highest BCUT2D eigenvalue weighted by Gasteiger charge is 2.35. The van der Waals surface area contributed by atoms with Crippen LogP contribution in [-0.4, -0.2) is 21.0 Å². The minimum Gasteiger partial charge on any atom is -0.268 e. The van der Waals surface area contributed by atoms with Crippen molar-refractivity contribution in [3.63, 3.8) is 0 Å². The van der Waals surface area contributed by atoms with E-state index >= 15 is 0 Å². The Balaban J connectivity index is 1.48. The van der Waals surface area contributed by atoms with E-state index < -0.39 is 0 Å². The molecule has 0 bridgehead atoms. The third kappa shape index (κ3) is 5.00. The molecule has 2 amide bonds. The molecule has 9 heteroatoms. The van der Waals surface area contributed by atoms with E-state index in [-0.39, 0.29) is 17.7 Å². The van der Waals surface area contributed by atoms with Crippen LogP contribution >= 0.6 is 62.4 Å². The summed E-state index contributed by atoms with van der Waals surface area (Å²) in [5.74, 6) is 0.468. The van der Waals surface area contributed by atoms with Crippen molar-refractivity contribution in [1.29, 1.82) is 0 Å². The molecule has 2 aromatic carbocycles. The number of carbonyl (C=O) groups is 2. The third-order valence-electron chi connectivity index (χ3n) is 4.22. The standard InChI is InChI=1S/C21H14BrClN2O2S3/c22-15-9-5-4-8-14(15)11-25-19(26)17(30-21(25)27)10-16-18(23)24-20(29-16)28-12-13-6-2-1-3-7-13/h1-10H,11-12H2/b17-10+. The fourth-order valence-corrected chi connectivity index (χ4v) is 6.33. The molecule has 0 aliphatic carbocycles. The normalized spacial score (nSPS) is 15.4. The van der Waals surface area contributed by atoms with Gasteiger partial charge in [0.05, 0.1) is 16.3 Å². The van der Waals surface area contributed by atoms with Crippen molar-refractivity contribution in [2.24, 2.45) is 0 Å². The van der Waals surface area contributed by atoms with Gasteiger partial charge in [0, 0.05) is 10.2 Å². The Kier molecular flexibility index (Phi) is 7.00. The lowest BCUT2D eigenvalue weighted by Crippen LogP contribution is -2.27. The van der Waals surface area contributed by atoms with Crippen molar-refractivity contribution in [1.82, 2.24) is 9.88 Å². The van der Waals surface area contributed by atoms with Crippen LogP contribution in [0.5, 0.6) is 0 Å². The highest BCUT2D eigenvalue weighted by molar-refractivity contribution is 9.10. The lowest BCUT2D eigenvalue weighted by atomic mass is 10.2. The molecule has 0 N–H and O–H groups in total. The highest BCUT2D eigenvalue weighted by atomic mass is 79.9. The summed E-state index contributed by atoms with van der Waals surface area (Å²) in [5, 5.41) is 0.0504. The van der Waals surface area contributed by atoms with Gasteiger partial charge in [-0.2, -0.15) is 0 Å². The van der Waals surface area contributed by atoms with Gasteiger partial charge in [-0.1, -0.05) is 87.8 Å². The van der Waals surface area contributed by atoms with Gasteiger partial charge in [-0.3, -0.25) is 14.5 Å². The summed E-state index contributed by atoms with van der Waals surface area (Å²) >= 11 is 13.7. The first kappa shape index (κ1) is 21.6. The van der Waals surface area contributed by atoms with E-state index in [0.29, 0.717) is 14.9 Å². The van der Waals surface area contributed by atoms with Crippen LogP contribution in [0.15, 0.2) is 68.3 Å². The Morgan fingerprint density at radius 1 is 1.10 bits per heavy atom. The summed E-state index contributed by atoms with van der Waals surface area (Å²) in [6.45, 7) is 0.220. The van der Waals surface area contributed by atoms with Gasteiger partial charge in [-0.05, 0) is 35.0 Å². The maximum Gasteiger partial charge on any atom is 0.293 e. The number of nitrogens with zero attached hydrogens (tertiary/aromatic N) is 2. The first-order valence-electron chi connectivity index (χ1n) is 8.83. The Bertz CT molecular complexity index is 1130. The number of thioether (sulfide) groups is 2. The van der Waals surface area contributed by atoms with Crippen molar-refractivity contribution >= 4 is 79.6 Å². The molecule has 0 radical (unpaired) electrons. The molecule has 0 atom stereocenters. The minimum absolute atomic E-state index is 0.220. The second-order valence-corrected chi connectivity index (χ2v) is 10.7. The Morgan fingerprint density at radius 3 is 2.60 bits per heavy atom. The zero-order valence-electron chi connectivity index (χ0n) is 15.4. The van der Waals surface area contributed by atoms with Crippen LogP contribution in [0.3, 0.4) is 0 Å². The predicted octanol–water partition coefficient (Wildman–Crippen LogP) is 7.09. The maximum atomic E-state index is 12.8. The van der Waals surface area contributed by atoms with Gasteiger partial charge in [-0.15, -0.1) is 11.3 Å². The summed E-state index contributed by atoms with van der Waals surface area (Å²) in [4.78, 5) is 31.9. The van der Waals surface area contributed by atoms with Crippen LogP contribution in [0.4, 0.5) is 4.79 Å². The van der Waals surface area contributed by atoms with Crippen LogP contribution in [0, 0.1) is 0 Å². The molecule has 4 rings (SSSR count). The smallest absolute Gasteiger partial charge is 0.268 e. The SMILES string of the molecule is O=C1S/C(=C/c2sc(SCc3ccccc3)nc2Cl)C(=O)N1Cc1ccccc1Br. The third-order valence-corrected chi connectivity index (χ3v) is 8.51. The molecule has 1 fully saturated rings. The van der Waals surface area contributed by atoms with Gasteiger partial charge in [0.15, 0.2) is 4.34 Å². The van der Waals surface area contributed by atoms with E-state index in [1.54, 1.807) is 17.8 Å². The summed E-state index contributed by atoms with van der Waals surface area (Å²) in [6.07, 6.45) is 1.66. The molecule has 1 aliphatic heterocycles. The van der Waals surface area contributed by atoms with E-state index in [1.165, 1.54) is 21.8 Å². The number of benzene rings is 2. The average molecular weight is 538 g/mol. The number of halogens is 2. The molecule has 1 aliphatic rings. The van der Waals surface area contributed by atoms with Crippen LogP contribution in [0.1, 0.15) is 16.0 Å². The molecule has 30 heavy (non-hydrogen) atoms. The van der Waals surface area contributed by atoms with Crippen molar-refractivity contribution in [2.45, 2.75) is 16.6 Å². The lowest BCUT2D eigenvalue weighted by molar-refractivity contribution is -0.123. The molecular formula is C21H14BrClN2O2S3. The first-order chi connectivity index (χ1) is 14.5. The number of carbonyl (C=O) groups excluding carboxylic acids is 2. The number of aromatic nitrogens is 1. The zero-order chi connectivity index (χ0) is 21.1. The predicted molar refractivity (Wildman–Crippen MR) is 129 cm³/mol. The van der Waals surface area contributed by atoms with E-state index in [4.69, 9.17) is 11.6 Å². The number of imide groups is 1. The van der Waals surface area contributed by atoms with Crippen LogP contribution < -0.4 is 0 Å². The Hall–Kier alpha value is -1.58. The number of rotatable bonds is 6. The summed E-state index contributed by atoms with van der Waals surface area (Å²) in [6, 6.07) is 17.6. The van der Waals surface area contributed by atoms with Gasteiger partial charge >= 0.3 is 0 Å². The van der Waals surface area contributed by atoms with Crippen molar-refractivity contribution in [3.8, 4) is 0 Å². The van der Waals surface area contributed by atoms with Crippen molar-refractivity contribution < 1.29 is 9.59 Å². The average Bonchev–Trinajstić information content (AvgIpc) is 3.22. The quantitative estimate of drug-likeness (QED) is 0.248. The second kappa shape index (κ2) is 9.70. The molecule has 1 saturated heterocycles. The minimum atomic E-state index is -0.316. The highest BCUT2D eigenvalue weighted by Crippen LogP contribution is 2.38. The fourth-order valence-electron chi connectivity index (χ4n) is 2.72. The maximum absolute atomic E-state index is 12.8. The molecule has 0 unspecified atom stereocenters. The monoisotopic (exact) mass is 536 g/mol. The largest absolute Gasteiger partial charge is 0.293 e. The molecule has 152 valence electrons. The summed E-state index contributed by atoms with van der Waals surface area (Å²) < 4.78 is 1.68. The zero-order valence-corrected chi connectivity index (χ0v) is 20.2. The number of hydrogen-bond acceptors (Lipinski definition) is 6. The summed E-state index contributed by atoms with van der Waals surface area (Å²) in [7, 11) is 0. The molecule has 1 aromatic heterocycles. The molecule has 4 nitrogen and oxygen atoms in total. The number of hydrogen-bond donors (Lipinski definition) is 0. The lowest BCUT2D eigenvalue weighted by Gasteiger charge is -2.13. The van der Waals surface area contributed by atoms with E-state index in [1.807, 2.05) is 42.5 Å². The summed E-state index contributed by atoms with van der Waals surface area (Å²) in [5.41, 5.74) is 2.07. The Labute approximate surface area is 199 Å². The first-order valence-corrected chi connectivity index (χ1v) is 12.6. The van der Waals surface area contributed by atoms with Crippen molar-refractivity contribution in [2.75, 3.05) is 0 Å². The Morgan fingerprint density at radius 2 is 1.83 bits per heavy atom. The van der Waals surface area contributed by atoms with E-state index in [2.05, 4.69) is 33.0 Å². The molecular weight excluding hydrogens is 524 g/mol. The van der Waals surface area contributed by atoms with Gasteiger partial charge in [0.1, 0.15) is 5.15 Å². The van der Waals surface area contributed by atoms with Gasteiger partial charge in [0.2, 0.25) is 0 Å². The molecule has 0 saturated carbocycles. The molecule has 3 aromatic rings. The van der Waals surface area contributed by atoms with E-state index in [0.717, 1.165) is 31.9 Å². The molecule has 2 heterocycles. The fraction of sp³-hybridized carbons (Fsp3) is 0.0952. The molecule has 0 spiro atoms. The van der Waals surface area contributed by atoms with Crippen LogP contribution in [0.2, 0.25) is 5.15 Å². The van der Waals surface area contributed by atoms with Crippen LogP contribution in [0.25, 0.3) is 6.08 Å². The number of thiazole rings is 1. The number of amides is 2. The van der Waals surface area contributed by atoms with Gasteiger partial charge in [-0.25, -0.2) is 4.98 Å². The van der Waals surface area contributed by atoms with Crippen molar-refractivity contribution in [3.05, 3.63) is 85.1 Å². The van der Waals surface area contributed by atoms with E-state index in [9.17, 15) is 9.59 Å². The van der Waals surface area contributed by atoms with Gasteiger partial charge < -0.3 is 0 Å². The topological polar surface area (TPSA) is 50.3 Å².